The highest BCUT2D eigenvalue weighted by Gasteiger charge is 2.31. The maximum Gasteiger partial charge on any atom is 0.416 e. The number of carbonyl (C=O) groups is 1. The van der Waals surface area contributed by atoms with Crippen molar-refractivity contribution in [2.24, 2.45) is 0 Å². The standard InChI is InChI=1S/C17H22F3N3O2/c1-6-23-13-9-11(17(18,19)20)7-8-12(13)22-14(23)10(2)21-15(24)25-16(3,4)5/h7-10H,6H2,1-5H3,(H,21,24)/t10-/m1/s1. The van der Waals surface area contributed by atoms with Crippen LogP contribution in [0.25, 0.3) is 11.0 Å². The van der Waals surface area contributed by atoms with Gasteiger partial charge in [0, 0.05) is 6.54 Å². The number of amides is 1. The molecule has 1 heterocycles. The van der Waals surface area contributed by atoms with Crippen molar-refractivity contribution >= 4 is 17.1 Å². The molecule has 138 valence electrons. The lowest BCUT2D eigenvalue weighted by Crippen LogP contribution is -2.34. The topological polar surface area (TPSA) is 56.2 Å². The van der Waals surface area contributed by atoms with Crippen molar-refractivity contribution < 1.29 is 22.7 Å². The van der Waals surface area contributed by atoms with Crippen molar-refractivity contribution in [3.8, 4) is 0 Å². The third kappa shape index (κ3) is 4.43. The van der Waals surface area contributed by atoms with Crippen molar-refractivity contribution in [2.75, 3.05) is 0 Å². The summed E-state index contributed by atoms with van der Waals surface area (Å²) in [4.78, 5) is 16.3. The molecule has 8 heteroatoms. The van der Waals surface area contributed by atoms with Gasteiger partial charge in [0.1, 0.15) is 11.4 Å². The molecule has 25 heavy (non-hydrogen) atoms. The summed E-state index contributed by atoms with van der Waals surface area (Å²) in [6, 6.07) is 2.91. The summed E-state index contributed by atoms with van der Waals surface area (Å²) in [7, 11) is 0. The Morgan fingerprint density at radius 1 is 1.32 bits per heavy atom. The highest BCUT2D eigenvalue weighted by Crippen LogP contribution is 2.32. The van der Waals surface area contributed by atoms with E-state index < -0.39 is 29.5 Å². The minimum Gasteiger partial charge on any atom is -0.444 e. The maximum atomic E-state index is 12.9. The molecule has 1 aromatic carbocycles. The number of fused-ring (bicyclic) bond motifs is 1. The molecule has 2 aromatic rings. The number of ether oxygens (including phenoxy) is 1. The third-order valence-corrected chi connectivity index (χ3v) is 3.54. The highest BCUT2D eigenvalue weighted by molar-refractivity contribution is 5.77. The molecular weight excluding hydrogens is 335 g/mol. The molecule has 0 aliphatic rings. The molecule has 5 nitrogen and oxygen atoms in total. The van der Waals surface area contributed by atoms with Crippen LogP contribution in [0.4, 0.5) is 18.0 Å². The van der Waals surface area contributed by atoms with Gasteiger partial charge >= 0.3 is 12.3 Å². The Hall–Kier alpha value is -2.25. The van der Waals surface area contributed by atoms with Gasteiger partial charge in [0.05, 0.1) is 22.6 Å². The van der Waals surface area contributed by atoms with Gasteiger partial charge in [-0.1, -0.05) is 0 Å². The summed E-state index contributed by atoms with van der Waals surface area (Å²) < 4.78 is 45.7. The van der Waals surface area contributed by atoms with E-state index in [1.54, 1.807) is 32.3 Å². The number of carbonyl (C=O) groups excluding carboxylic acids is 1. The Labute approximate surface area is 144 Å². The molecule has 0 radical (unpaired) electrons. The number of aryl methyl sites for hydroxylation is 1. The number of rotatable bonds is 3. The number of aromatic nitrogens is 2. The van der Waals surface area contributed by atoms with E-state index >= 15 is 0 Å². The van der Waals surface area contributed by atoms with Crippen LogP contribution in [0.2, 0.25) is 0 Å². The van der Waals surface area contributed by atoms with E-state index in [2.05, 4.69) is 10.3 Å². The Balaban J connectivity index is 2.36. The van der Waals surface area contributed by atoms with Crippen molar-refractivity contribution in [3.63, 3.8) is 0 Å². The van der Waals surface area contributed by atoms with E-state index in [9.17, 15) is 18.0 Å². The monoisotopic (exact) mass is 357 g/mol. The number of imidazole rings is 1. The zero-order valence-corrected chi connectivity index (χ0v) is 14.9. The lowest BCUT2D eigenvalue weighted by molar-refractivity contribution is -0.137. The molecule has 0 aliphatic heterocycles. The van der Waals surface area contributed by atoms with Crippen LogP contribution in [-0.4, -0.2) is 21.2 Å². The number of hydrogen-bond acceptors (Lipinski definition) is 3. The first-order valence-corrected chi connectivity index (χ1v) is 7.99. The average Bonchev–Trinajstić information content (AvgIpc) is 2.81. The molecule has 1 amide bonds. The fourth-order valence-electron chi connectivity index (χ4n) is 2.53. The minimum atomic E-state index is -4.42. The molecule has 0 saturated heterocycles. The van der Waals surface area contributed by atoms with Crippen molar-refractivity contribution in [2.45, 2.75) is 59.0 Å². The first kappa shape index (κ1) is 19.1. The first-order valence-electron chi connectivity index (χ1n) is 7.99. The number of benzene rings is 1. The normalized spacial score (nSPS) is 13.8. The average molecular weight is 357 g/mol. The summed E-state index contributed by atoms with van der Waals surface area (Å²) in [6.07, 6.45) is -5.02. The van der Waals surface area contributed by atoms with E-state index in [0.717, 1.165) is 12.1 Å². The lowest BCUT2D eigenvalue weighted by Gasteiger charge is -2.22. The molecule has 0 unspecified atom stereocenters. The second-order valence-corrected chi connectivity index (χ2v) is 6.78. The largest absolute Gasteiger partial charge is 0.444 e. The first-order chi connectivity index (χ1) is 11.4. The van der Waals surface area contributed by atoms with E-state index in [4.69, 9.17) is 4.74 Å². The summed E-state index contributed by atoms with van der Waals surface area (Å²) >= 11 is 0. The van der Waals surface area contributed by atoms with Gasteiger partial charge in [0.25, 0.3) is 0 Å². The Kier molecular flexibility index (Phi) is 5.02. The molecule has 1 atom stereocenters. The Morgan fingerprint density at radius 2 is 1.96 bits per heavy atom. The van der Waals surface area contributed by atoms with Gasteiger partial charge in [-0.15, -0.1) is 0 Å². The van der Waals surface area contributed by atoms with Gasteiger partial charge in [0.2, 0.25) is 0 Å². The van der Waals surface area contributed by atoms with Crippen LogP contribution in [-0.2, 0) is 17.5 Å². The molecule has 0 aliphatic carbocycles. The fourth-order valence-corrected chi connectivity index (χ4v) is 2.53. The number of halogens is 3. The zero-order chi connectivity index (χ0) is 19.0. The zero-order valence-electron chi connectivity index (χ0n) is 14.9. The third-order valence-electron chi connectivity index (χ3n) is 3.54. The van der Waals surface area contributed by atoms with E-state index in [1.165, 1.54) is 6.07 Å². The summed E-state index contributed by atoms with van der Waals surface area (Å²) in [5, 5.41) is 2.67. The van der Waals surface area contributed by atoms with Crippen LogP contribution in [0.3, 0.4) is 0 Å². The molecule has 0 fully saturated rings. The van der Waals surface area contributed by atoms with Crippen LogP contribution < -0.4 is 5.32 Å². The smallest absolute Gasteiger partial charge is 0.416 e. The molecule has 1 aromatic heterocycles. The van der Waals surface area contributed by atoms with Gasteiger partial charge in [-0.3, -0.25) is 0 Å². The second kappa shape index (κ2) is 6.57. The Morgan fingerprint density at radius 3 is 2.48 bits per heavy atom. The fraction of sp³-hybridized carbons (Fsp3) is 0.529. The minimum absolute atomic E-state index is 0.380. The second-order valence-electron chi connectivity index (χ2n) is 6.78. The van der Waals surface area contributed by atoms with Crippen LogP contribution in [0.1, 0.15) is 52.0 Å². The van der Waals surface area contributed by atoms with Crippen LogP contribution in [0.15, 0.2) is 18.2 Å². The number of hydrogen-bond donors (Lipinski definition) is 1. The summed E-state index contributed by atoms with van der Waals surface area (Å²) in [6.45, 7) is 9.19. The molecular formula is C17H22F3N3O2. The van der Waals surface area contributed by atoms with E-state index in [0.29, 0.717) is 23.4 Å². The quantitative estimate of drug-likeness (QED) is 0.869. The van der Waals surface area contributed by atoms with E-state index in [-0.39, 0.29) is 0 Å². The SMILES string of the molecule is CCn1c([C@@H](C)NC(=O)OC(C)(C)C)nc2ccc(C(F)(F)F)cc21. The van der Waals surface area contributed by atoms with Gasteiger partial charge in [-0.05, 0) is 52.8 Å². The highest BCUT2D eigenvalue weighted by atomic mass is 19.4. The van der Waals surface area contributed by atoms with Gasteiger partial charge in [0.15, 0.2) is 0 Å². The number of nitrogens with zero attached hydrogens (tertiary/aromatic N) is 2. The van der Waals surface area contributed by atoms with Crippen molar-refractivity contribution in [1.82, 2.24) is 14.9 Å². The molecule has 0 bridgehead atoms. The molecule has 1 N–H and O–H groups in total. The molecule has 2 rings (SSSR count). The number of alkyl carbamates (subject to hydrolysis) is 1. The predicted octanol–water partition coefficient (Wildman–Crippen LogP) is 4.66. The van der Waals surface area contributed by atoms with Crippen LogP contribution in [0, 0.1) is 0 Å². The predicted molar refractivity (Wildman–Crippen MR) is 88.2 cm³/mol. The number of alkyl halides is 3. The van der Waals surface area contributed by atoms with Crippen molar-refractivity contribution in [1.29, 1.82) is 0 Å². The van der Waals surface area contributed by atoms with Gasteiger partial charge in [-0.25, -0.2) is 9.78 Å². The molecule has 0 spiro atoms. The summed E-state index contributed by atoms with van der Waals surface area (Å²) in [5.74, 6) is 0.475. The van der Waals surface area contributed by atoms with Crippen molar-refractivity contribution in [3.05, 3.63) is 29.6 Å². The number of nitrogens with one attached hydrogen (secondary N) is 1. The van der Waals surface area contributed by atoms with Gasteiger partial charge < -0.3 is 14.6 Å². The van der Waals surface area contributed by atoms with E-state index in [1.807, 2.05) is 6.92 Å². The summed E-state index contributed by atoms with van der Waals surface area (Å²) in [5.41, 5.74) is -0.544. The van der Waals surface area contributed by atoms with Crippen LogP contribution >= 0.6 is 0 Å². The lowest BCUT2D eigenvalue weighted by atomic mass is 10.2. The van der Waals surface area contributed by atoms with Crippen LogP contribution in [0.5, 0.6) is 0 Å². The van der Waals surface area contributed by atoms with Gasteiger partial charge in [-0.2, -0.15) is 13.2 Å². The maximum absolute atomic E-state index is 12.9. The molecule has 0 saturated carbocycles. The Bertz CT molecular complexity index is 776.